The predicted molar refractivity (Wildman–Crippen MR) is 45.1 cm³/mol. The maximum absolute atomic E-state index is 11.1. The molecule has 0 aliphatic carbocycles. The molecule has 1 aromatic heterocycles. The van der Waals surface area contributed by atoms with Crippen LogP contribution in [0, 0.1) is 0 Å². The van der Waals surface area contributed by atoms with Gasteiger partial charge in [-0.05, 0) is 6.92 Å². The van der Waals surface area contributed by atoms with E-state index >= 15 is 0 Å². The summed E-state index contributed by atoms with van der Waals surface area (Å²) in [5.74, 6) is -1.10. The van der Waals surface area contributed by atoms with Crippen LogP contribution in [-0.4, -0.2) is 27.9 Å². The largest absolute Gasteiger partial charge is 0.492 e. The molecule has 13 heavy (non-hydrogen) atoms. The lowest BCUT2D eigenvalue weighted by atomic mass is 10.5. The van der Waals surface area contributed by atoms with Gasteiger partial charge in [-0.15, -0.1) is 0 Å². The van der Waals surface area contributed by atoms with Gasteiger partial charge in [0.1, 0.15) is 0 Å². The molecule has 7 heteroatoms. The van der Waals surface area contributed by atoms with E-state index in [-0.39, 0.29) is 16.6 Å². The second-order valence-electron chi connectivity index (χ2n) is 2.00. The number of aromatic hydroxyl groups is 1. The third-order valence-electron chi connectivity index (χ3n) is 1.17. The van der Waals surface area contributed by atoms with E-state index in [1.165, 1.54) is 0 Å². The highest BCUT2D eigenvalue weighted by Gasteiger charge is 2.18. The van der Waals surface area contributed by atoms with Gasteiger partial charge in [-0.3, -0.25) is 5.21 Å². The Bertz CT molecular complexity index is 312. The lowest BCUT2D eigenvalue weighted by molar-refractivity contribution is 0.0528. The Morgan fingerprint density at radius 3 is 2.92 bits per heavy atom. The smallest absolute Gasteiger partial charge is 0.354 e. The van der Waals surface area contributed by atoms with Gasteiger partial charge in [0.15, 0.2) is 4.88 Å². The van der Waals surface area contributed by atoms with Crippen LogP contribution >= 0.6 is 11.3 Å². The average Bonchev–Trinajstić information content (AvgIpc) is 2.47. The van der Waals surface area contributed by atoms with Crippen LogP contribution in [0.15, 0.2) is 0 Å². The zero-order chi connectivity index (χ0) is 9.84. The minimum Gasteiger partial charge on any atom is -0.492 e. The third-order valence-corrected chi connectivity index (χ3v) is 2.10. The van der Waals surface area contributed by atoms with Crippen LogP contribution in [0.4, 0.5) is 5.13 Å². The molecule has 0 aliphatic rings. The summed E-state index contributed by atoms with van der Waals surface area (Å²) in [6.07, 6.45) is 0. The van der Waals surface area contributed by atoms with Gasteiger partial charge in [0.05, 0.1) is 6.61 Å². The molecule has 0 saturated carbocycles. The minimum absolute atomic E-state index is 0.0293. The quantitative estimate of drug-likeness (QED) is 0.499. The standard InChI is InChI=1S/C6H8N2O4S/c1-2-12-5(10)3-4(9)7-6(8-11)13-3/h9,11H,2H2,1H3,(H,7,8). The van der Waals surface area contributed by atoms with Crippen molar-refractivity contribution in [2.45, 2.75) is 6.92 Å². The highest BCUT2D eigenvalue weighted by molar-refractivity contribution is 7.17. The fourth-order valence-corrected chi connectivity index (χ4v) is 1.34. The lowest BCUT2D eigenvalue weighted by Gasteiger charge is -1.96. The Morgan fingerprint density at radius 1 is 1.77 bits per heavy atom. The topological polar surface area (TPSA) is 91.7 Å². The number of nitrogens with one attached hydrogen (secondary N) is 1. The van der Waals surface area contributed by atoms with Crippen molar-refractivity contribution in [3.05, 3.63) is 4.88 Å². The van der Waals surface area contributed by atoms with Crippen LogP contribution in [0.25, 0.3) is 0 Å². The summed E-state index contributed by atoms with van der Waals surface area (Å²) >= 11 is 0.811. The molecule has 0 unspecified atom stereocenters. The van der Waals surface area contributed by atoms with E-state index in [1.54, 1.807) is 12.4 Å². The van der Waals surface area contributed by atoms with Crippen LogP contribution < -0.4 is 5.48 Å². The van der Waals surface area contributed by atoms with Crippen molar-refractivity contribution in [1.29, 1.82) is 0 Å². The molecule has 0 spiro atoms. The van der Waals surface area contributed by atoms with Crippen molar-refractivity contribution in [2.24, 2.45) is 0 Å². The van der Waals surface area contributed by atoms with E-state index in [9.17, 15) is 4.79 Å². The van der Waals surface area contributed by atoms with Gasteiger partial charge < -0.3 is 9.84 Å². The van der Waals surface area contributed by atoms with E-state index in [0.717, 1.165) is 11.3 Å². The second-order valence-corrected chi connectivity index (χ2v) is 3.00. The van der Waals surface area contributed by atoms with Gasteiger partial charge in [0.2, 0.25) is 11.0 Å². The number of rotatable bonds is 3. The fraction of sp³-hybridized carbons (Fsp3) is 0.333. The van der Waals surface area contributed by atoms with Crippen LogP contribution in [0.5, 0.6) is 5.88 Å². The average molecular weight is 204 g/mol. The molecule has 0 bridgehead atoms. The maximum Gasteiger partial charge on any atom is 0.354 e. The first-order chi connectivity index (χ1) is 6.19. The third kappa shape index (κ3) is 2.07. The van der Waals surface area contributed by atoms with Crippen molar-refractivity contribution < 1.29 is 19.8 Å². The molecule has 1 aromatic rings. The Labute approximate surface area is 77.8 Å². The Kier molecular flexibility index (Phi) is 3.04. The summed E-state index contributed by atoms with van der Waals surface area (Å²) < 4.78 is 4.63. The first kappa shape index (κ1) is 9.75. The zero-order valence-electron chi connectivity index (χ0n) is 6.77. The van der Waals surface area contributed by atoms with E-state index in [4.69, 9.17) is 10.3 Å². The molecule has 0 atom stereocenters. The molecular weight excluding hydrogens is 196 g/mol. The molecule has 0 radical (unpaired) electrons. The van der Waals surface area contributed by atoms with Gasteiger partial charge in [0, 0.05) is 0 Å². The fourth-order valence-electron chi connectivity index (χ4n) is 0.690. The minimum atomic E-state index is -0.654. The predicted octanol–water partition coefficient (Wildman–Crippen LogP) is 0.826. The van der Waals surface area contributed by atoms with E-state index < -0.39 is 11.8 Å². The summed E-state index contributed by atoms with van der Waals surface area (Å²) in [6, 6.07) is 0. The summed E-state index contributed by atoms with van der Waals surface area (Å²) in [4.78, 5) is 14.5. The van der Waals surface area contributed by atoms with Crippen molar-refractivity contribution in [3.8, 4) is 5.88 Å². The number of thiazole rings is 1. The van der Waals surface area contributed by atoms with Crippen molar-refractivity contribution in [3.63, 3.8) is 0 Å². The number of hydrogen-bond acceptors (Lipinski definition) is 7. The number of hydrogen-bond donors (Lipinski definition) is 3. The van der Waals surface area contributed by atoms with Gasteiger partial charge in [0.25, 0.3) is 0 Å². The number of carbonyl (C=O) groups is 1. The van der Waals surface area contributed by atoms with Crippen LogP contribution in [0.3, 0.4) is 0 Å². The number of aromatic nitrogens is 1. The molecule has 0 amide bonds. The van der Waals surface area contributed by atoms with Crippen LogP contribution in [0.2, 0.25) is 0 Å². The summed E-state index contributed by atoms with van der Waals surface area (Å²) in [5, 5.41) is 17.6. The Morgan fingerprint density at radius 2 is 2.46 bits per heavy atom. The number of esters is 1. The summed E-state index contributed by atoms with van der Waals surface area (Å²) in [5.41, 5.74) is 1.72. The van der Waals surface area contributed by atoms with E-state index in [2.05, 4.69) is 9.72 Å². The number of carbonyl (C=O) groups excluding carboxylic acids is 1. The van der Waals surface area contributed by atoms with Gasteiger partial charge >= 0.3 is 5.97 Å². The molecule has 0 aliphatic heterocycles. The highest BCUT2D eigenvalue weighted by atomic mass is 32.1. The number of ether oxygens (including phenoxy) is 1. The van der Waals surface area contributed by atoms with Crippen LogP contribution in [0.1, 0.15) is 16.6 Å². The summed E-state index contributed by atoms with van der Waals surface area (Å²) in [6.45, 7) is 1.87. The highest BCUT2D eigenvalue weighted by Crippen LogP contribution is 2.27. The molecule has 1 rings (SSSR count). The molecular formula is C6H8N2O4S. The van der Waals surface area contributed by atoms with E-state index in [0.29, 0.717) is 0 Å². The normalized spacial score (nSPS) is 9.69. The maximum atomic E-state index is 11.1. The van der Waals surface area contributed by atoms with E-state index in [1.807, 2.05) is 0 Å². The molecule has 6 nitrogen and oxygen atoms in total. The molecule has 1 heterocycles. The van der Waals surface area contributed by atoms with Gasteiger partial charge in [-0.25, -0.2) is 10.3 Å². The lowest BCUT2D eigenvalue weighted by Crippen LogP contribution is -2.02. The second kappa shape index (κ2) is 4.06. The van der Waals surface area contributed by atoms with Crippen molar-refractivity contribution in [2.75, 3.05) is 12.1 Å². The van der Waals surface area contributed by atoms with Crippen LogP contribution in [-0.2, 0) is 4.74 Å². The number of anilines is 1. The first-order valence-corrected chi connectivity index (χ1v) is 4.27. The molecule has 72 valence electrons. The number of nitrogens with zero attached hydrogens (tertiary/aromatic N) is 1. The first-order valence-electron chi connectivity index (χ1n) is 3.46. The molecule has 0 aromatic carbocycles. The molecule has 3 N–H and O–H groups in total. The zero-order valence-corrected chi connectivity index (χ0v) is 7.59. The molecule has 0 fully saturated rings. The van der Waals surface area contributed by atoms with Gasteiger partial charge in [-0.2, -0.15) is 4.98 Å². The SMILES string of the molecule is CCOC(=O)c1sc(NO)nc1O. The molecule has 0 saturated heterocycles. The van der Waals surface area contributed by atoms with Crippen molar-refractivity contribution in [1.82, 2.24) is 4.98 Å². The van der Waals surface area contributed by atoms with Crippen molar-refractivity contribution >= 4 is 22.4 Å². The Balaban J connectivity index is 2.87. The monoisotopic (exact) mass is 204 g/mol. The summed E-state index contributed by atoms with van der Waals surface area (Å²) in [7, 11) is 0. The van der Waals surface area contributed by atoms with Gasteiger partial charge in [-0.1, -0.05) is 11.3 Å². The Hall–Kier alpha value is -1.34.